The topological polar surface area (TPSA) is 104 Å². The van der Waals surface area contributed by atoms with E-state index in [-0.39, 0.29) is 17.8 Å². The fourth-order valence-corrected chi connectivity index (χ4v) is 2.89. The van der Waals surface area contributed by atoms with Crippen molar-refractivity contribution in [2.75, 3.05) is 5.32 Å². The number of hydrogen-bond acceptors (Lipinski definition) is 4. The number of aromatic nitrogens is 2. The van der Waals surface area contributed by atoms with E-state index in [2.05, 4.69) is 10.3 Å². The zero-order valence-corrected chi connectivity index (χ0v) is 12.0. The van der Waals surface area contributed by atoms with Gasteiger partial charge in [-0.25, -0.2) is 9.59 Å². The molecule has 0 spiro atoms. The second-order valence-electron chi connectivity index (χ2n) is 4.59. The Morgan fingerprint density at radius 3 is 2.82 bits per heavy atom. The Morgan fingerprint density at radius 2 is 2.09 bits per heavy atom. The van der Waals surface area contributed by atoms with Gasteiger partial charge in [0.1, 0.15) is 6.54 Å². The molecule has 0 fully saturated rings. The molecule has 0 saturated heterocycles. The zero-order valence-electron chi connectivity index (χ0n) is 11.2. The van der Waals surface area contributed by atoms with Crippen LogP contribution in [0.4, 0.5) is 5.00 Å². The molecule has 0 radical (unpaired) electrons. The summed E-state index contributed by atoms with van der Waals surface area (Å²) in [5.74, 6) is -1.45. The van der Waals surface area contributed by atoms with Gasteiger partial charge in [0, 0.05) is 5.38 Å². The Morgan fingerprint density at radius 1 is 1.32 bits per heavy atom. The van der Waals surface area contributed by atoms with Crippen molar-refractivity contribution >= 4 is 39.2 Å². The Balaban J connectivity index is 1.79. The van der Waals surface area contributed by atoms with Crippen LogP contribution in [0.2, 0.25) is 0 Å². The minimum atomic E-state index is -1.05. The first-order valence-corrected chi connectivity index (χ1v) is 7.22. The first-order valence-electron chi connectivity index (χ1n) is 6.34. The molecule has 1 aromatic carbocycles. The second kappa shape index (κ2) is 5.49. The van der Waals surface area contributed by atoms with Crippen LogP contribution < -0.4 is 11.0 Å². The van der Waals surface area contributed by atoms with Gasteiger partial charge in [-0.3, -0.25) is 9.36 Å². The van der Waals surface area contributed by atoms with Gasteiger partial charge in [0.25, 0.3) is 0 Å². The first kappa shape index (κ1) is 14.1. The third kappa shape index (κ3) is 2.63. The van der Waals surface area contributed by atoms with Crippen molar-refractivity contribution in [3.63, 3.8) is 0 Å². The number of amides is 1. The Labute approximate surface area is 127 Å². The number of aromatic carboxylic acids is 1. The molecule has 7 nitrogen and oxygen atoms in total. The van der Waals surface area contributed by atoms with Crippen LogP contribution in [0.15, 0.2) is 40.5 Å². The number of anilines is 1. The number of carboxylic acid groups (broad SMARTS) is 1. The molecule has 0 aliphatic heterocycles. The number of rotatable bonds is 4. The van der Waals surface area contributed by atoms with E-state index in [1.54, 1.807) is 24.3 Å². The molecule has 8 heteroatoms. The van der Waals surface area contributed by atoms with E-state index in [1.807, 2.05) is 0 Å². The summed E-state index contributed by atoms with van der Waals surface area (Å²) in [4.78, 5) is 37.4. The zero-order chi connectivity index (χ0) is 15.7. The van der Waals surface area contributed by atoms with E-state index in [0.29, 0.717) is 16.0 Å². The van der Waals surface area contributed by atoms with Crippen LogP contribution in [0, 0.1) is 0 Å². The van der Waals surface area contributed by atoms with E-state index in [0.717, 1.165) is 11.3 Å². The fraction of sp³-hybridized carbons (Fsp3) is 0.0714. The van der Waals surface area contributed by atoms with Gasteiger partial charge in [-0.1, -0.05) is 12.1 Å². The molecule has 1 amide bonds. The Kier molecular flexibility index (Phi) is 3.51. The maximum absolute atomic E-state index is 12.0. The van der Waals surface area contributed by atoms with Crippen LogP contribution in [0.25, 0.3) is 11.0 Å². The standard InChI is InChI=1S/C14H11N3O4S/c18-11(16-12-5-8(7-22-12)13(19)20)6-17-10-4-2-1-3-9(10)15-14(17)21/h1-5,7H,6H2,(H,15,21)(H,16,18)(H,19,20). The van der Waals surface area contributed by atoms with Crippen LogP contribution in [0.1, 0.15) is 10.4 Å². The smallest absolute Gasteiger partial charge is 0.336 e. The first-order chi connectivity index (χ1) is 10.5. The second-order valence-corrected chi connectivity index (χ2v) is 5.50. The lowest BCUT2D eigenvalue weighted by atomic mass is 10.3. The summed E-state index contributed by atoms with van der Waals surface area (Å²) < 4.78 is 1.33. The molecule has 0 bridgehead atoms. The van der Waals surface area contributed by atoms with Gasteiger partial charge in [-0.2, -0.15) is 0 Å². The lowest BCUT2D eigenvalue weighted by Crippen LogP contribution is -2.25. The third-order valence-corrected chi connectivity index (χ3v) is 3.94. The summed E-state index contributed by atoms with van der Waals surface area (Å²) in [5, 5.41) is 13.3. The summed E-state index contributed by atoms with van der Waals surface area (Å²) in [5.41, 5.74) is 1.04. The quantitative estimate of drug-likeness (QED) is 0.681. The number of hydrogen-bond donors (Lipinski definition) is 3. The van der Waals surface area contributed by atoms with E-state index >= 15 is 0 Å². The van der Waals surface area contributed by atoms with Crippen molar-refractivity contribution in [1.82, 2.24) is 9.55 Å². The molecule has 3 N–H and O–H groups in total. The summed E-state index contributed by atoms with van der Waals surface area (Å²) in [6, 6.07) is 8.45. The predicted molar refractivity (Wildman–Crippen MR) is 82.5 cm³/mol. The maximum Gasteiger partial charge on any atom is 0.336 e. The largest absolute Gasteiger partial charge is 0.478 e. The van der Waals surface area contributed by atoms with Gasteiger partial charge in [-0.15, -0.1) is 11.3 Å². The molecule has 3 rings (SSSR count). The Bertz CT molecular complexity index is 921. The molecule has 3 aromatic rings. The minimum absolute atomic E-state index is 0.115. The van der Waals surface area contributed by atoms with Gasteiger partial charge >= 0.3 is 11.7 Å². The van der Waals surface area contributed by atoms with Gasteiger partial charge in [0.05, 0.1) is 21.6 Å². The van der Waals surface area contributed by atoms with Crippen molar-refractivity contribution < 1.29 is 14.7 Å². The number of H-pyrrole nitrogens is 1. The van der Waals surface area contributed by atoms with Crippen LogP contribution in [0.3, 0.4) is 0 Å². The Hall–Kier alpha value is -2.87. The molecular formula is C14H11N3O4S. The van der Waals surface area contributed by atoms with Crippen molar-refractivity contribution in [3.8, 4) is 0 Å². The number of fused-ring (bicyclic) bond motifs is 1. The molecule has 0 atom stereocenters. The number of nitrogens with one attached hydrogen (secondary N) is 2. The van der Waals surface area contributed by atoms with E-state index < -0.39 is 11.9 Å². The van der Waals surface area contributed by atoms with E-state index in [1.165, 1.54) is 16.0 Å². The number of imidazole rings is 1. The fourth-order valence-electron chi connectivity index (χ4n) is 2.10. The molecule has 0 saturated carbocycles. The predicted octanol–water partition coefficient (Wildman–Crippen LogP) is 1.73. The van der Waals surface area contributed by atoms with Gasteiger partial charge in [-0.05, 0) is 18.2 Å². The van der Waals surface area contributed by atoms with Crippen LogP contribution in [0.5, 0.6) is 0 Å². The molecule has 2 aromatic heterocycles. The van der Waals surface area contributed by atoms with Crippen molar-refractivity contribution in [2.45, 2.75) is 6.54 Å². The minimum Gasteiger partial charge on any atom is -0.478 e. The number of carboxylic acids is 1. The summed E-state index contributed by atoms with van der Waals surface area (Å²) >= 11 is 1.12. The maximum atomic E-state index is 12.0. The van der Waals surface area contributed by atoms with Crippen LogP contribution in [-0.4, -0.2) is 26.5 Å². The summed E-state index contributed by atoms with van der Waals surface area (Å²) in [6.45, 7) is -0.150. The number of nitrogens with zero attached hydrogens (tertiary/aromatic N) is 1. The van der Waals surface area contributed by atoms with Crippen molar-refractivity contribution in [3.05, 3.63) is 51.8 Å². The third-order valence-electron chi connectivity index (χ3n) is 3.09. The van der Waals surface area contributed by atoms with Crippen molar-refractivity contribution in [2.24, 2.45) is 0 Å². The number of aromatic amines is 1. The average molecular weight is 317 g/mol. The molecule has 112 valence electrons. The molecule has 0 aliphatic carbocycles. The highest BCUT2D eigenvalue weighted by atomic mass is 32.1. The highest BCUT2D eigenvalue weighted by Gasteiger charge is 2.12. The lowest BCUT2D eigenvalue weighted by molar-refractivity contribution is -0.116. The monoisotopic (exact) mass is 317 g/mol. The number of thiophene rings is 1. The van der Waals surface area contributed by atoms with Gasteiger partial charge < -0.3 is 15.4 Å². The molecule has 0 unspecified atom stereocenters. The van der Waals surface area contributed by atoms with E-state index in [9.17, 15) is 14.4 Å². The molecule has 0 aliphatic rings. The molecule has 2 heterocycles. The van der Waals surface area contributed by atoms with Crippen LogP contribution in [-0.2, 0) is 11.3 Å². The molecular weight excluding hydrogens is 306 g/mol. The van der Waals surface area contributed by atoms with E-state index in [4.69, 9.17) is 5.11 Å². The van der Waals surface area contributed by atoms with Gasteiger partial charge in [0.2, 0.25) is 5.91 Å². The SMILES string of the molecule is O=C(Cn1c(=O)[nH]c2ccccc21)Nc1cc(C(=O)O)cs1. The number of benzene rings is 1. The molecule has 22 heavy (non-hydrogen) atoms. The van der Waals surface area contributed by atoms with Crippen LogP contribution >= 0.6 is 11.3 Å². The lowest BCUT2D eigenvalue weighted by Gasteiger charge is -2.04. The highest BCUT2D eigenvalue weighted by Crippen LogP contribution is 2.20. The highest BCUT2D eigenvalue weighted by molar-refractivity contribution is 7.14. The number of carbonyl (C=O) groups excluding carboxylic acids is 1. The number of para-hydroxylation sites is 2. The summed E-state index contributed by atoms with van der Waals surface area (Å²) in [7, 11) is 0. The summed E-state index contributed by atoms with van der Waals surface area (Å²) in [6.07, 6.45) is 0. The average Bonchev–Trinajstić information content (AvgIpc) is 3.05. The van der Waals surface area contributed by atoms with Gasteiger partial charge in [0.15, 0.2) is 0 Å². The number of carbonyl (C=O) groups is 2. The van der Waals surface area contributed by atoms with Crippen molar-refractivity contribution in [1.29, 1.82) is 0 Å². The normalized spacial score (nSPS) is 10.7.